The molecule has 23 heavy (non-hydrogen) atoms. The lowest BCUT2D eigenvalue weighted by atomic mass is 10.3. The maximum absolute atomic E-state index is 12.4. The number of furan rings is 1. The van der Waals surface area contributed by atoms with Gasteiger partial charge in [0, 0.05) is 32.4 Å². The highest BCUT2D eigenvalue weighted by Gasteiger charge is 2.25. The molecule has 1 aliphatic rings. The minimum Gasteiger partial charge on any atom is -0.444 e. The molecule has 1 amide bonds. The van der Waals surface area contributed by atoms with Crippen LogP contribution in [0.3, 0.4) is 0 Å². The molecule has 0 bridgehead atoms. The summed E-state index contributed by atoms with van der Waals surface area (Å²) in [6.45, 7) is 2.82. The number of thiazole rings is 1. The van der Waals surface area contributed by atoms with Gasteiger partial charge in [-0.1, -0.05) is 11.3 Å². The van der Waals surface area contributed by atoms with E-state index in [1.165, 1.54) is 0 Å². The van der Waals surface area contributed by atoms with E-state index in [2.05, 4.69) is 30.8 Å². The molecule has 8 heteroatoms. The van der Waals surface area contributed by atoms with Gasteiger partial charge in [0.15, 0.2) is 15.6 Å². The first kappa shape index (κ1) is 14.6. The molecule has 1 aliphatic heterocycles. The fraction of sp³-hybridized carbons (Fsp3) is 0.267. The standard InChI is InChI=1S/C15H13BrN4O2S/c16-12-4-3-11(22-12)14(21)19-6-8-20(9-7-19)15-18-10-2-1-5-17-13(10)23-15/h1-5H,6-9H2. The molecule has 118 valence electrons. The van der Waals surface area contributed by atoms with E-state index in [1.54, 1.807) is 29.7 Å². The summed E-state index contributed by atoms with van der Waals surface area (Å²) in [6, 6.07) is 7.29. The van der Waals surface area contributed by atoms with E-state index in [0.717, 1.165) is 28.6 Å². The van der Waals surface area contributed by atoms with Crippen LogP contribution < -0.4 is 4.90 Å². The van der Waals surface area contributed by atoms with Gasteiger partial charge in [-0.2, -0.15) is 0 Å². The van der Waals surface area contributed by atoms with E-state index in [4.69, 9.17) is 4.42 Å². The highest BCUT2D eigenvalue weighted by molar-refractivity contribution is 9.10. The number of amides is 1. The molecule has 3 aromatic rings. The number of hydrogen-bond acceptors (Lipinski definition) is 6. The first-order valence-corrected chi connectivity index (χ1v) is 8.83. The predicted octanol–water partition coefficient (Wildman–Crippen LogP) is 3.01. The van der Waals surface area contributed by atoms with Crippen molar-refractivity contribution in [3.05, 3.63) is 40.9 Å². The van der Waals surface area contributed by atoms with Crippen LogP contribution in [0.15, 0.2) is 39.5 Å². The number of nitrogens with zero attached hydrogens (tertiary/aromatic N) is 4. The monoisotopic (exact) mass is 392 g/mol. The first-order chi connectivity index (χ1) is 11.2. The molecular weight excluding hydrogens is 380 g/mol. The van der Waals surface area contributed by atoms with Gasteiger partial charge in [0.05, 0.1) is 0 Å². The third kappa shape index (κ3) is 2.84. The van der Waals surface area contributed by atoms with Crippen LogP contribution in [-0.2, 0) is 0 Å². The zero-order valence-corrected chi connectivity index (χ0v) is 14.5. The molecule has 0 spiro atoms. The fourth-order valence-corrected chi connectivity index (χ4v) is 3.85. The van der Waals surface area contributed by atoms with Gasteiger partial charge in [-0.25, -0.2) is 9.97 Å². The summed E-state index contributed by atoms with van der Waals surface area (Å²) in [5, 5.41) is 0.964. The average molecular weight is 393 g/mol. The summed E-state index contributed by atoms with van der Waals surface area (Å²) in [6.07, 6.45) is 1.78. The van der Waals surface area contributed by atoms with Crippen LogP contribution in [0.4, 0.5) is 5.13 Å². The number of fused-ring (bicyclic) bond motifs is 1. The molecule has 0 saturated carbocycles. The molecule has 0 aromatic carbocycles. The Balaban J connectivity index is 1.45. The Kier molecular flexibility index (Phi) is 3.78. The molecule has 1 saturated heterocycles. The van der Waals surface area contributed by atoms with Crippen molar-refractivity contribution >= 4 is 48.7 Å². The zero-order chi connectivity index (χ0) is 15.8. The summed E-state index contributed by atoms with van der Waals surface area (Å²) in [5.74, 6) is 0.302. The predicted molar refractivity (Wildman–Crippen MR) is 91.9 cm³/mol. The molecule has 0 atom stereocenters. The largest absolute Gasteiger partial charge is 0.444 e. The minimum atomic E-state index is -0.0682. The Morgan fingerprint density at radius 2 is 2.04 bits per heavy atom. The molecular formula is C15H13BrN4O2S. The quantitative estimate of drug-likeness (QED) is 0.670. The number of rotatable bonds is 2. The van der Waals surface area contributed by atoms with Crippen LogP contribution in [0.25, 0.3) is 10.3 Å². The molecule has 0 radical (unpaired) electrons. The second kappa shape index (κ2) is 5.93. The van der Waals surface area contributed by atoms with Crippen molar-refractivity contribution in [2.75, 3.05) is 31.1 Å². The number of aromatic nitrogens is 2. The Bertz CT molecular complexity index is 821. The molecule has 4 heterocycles. The Labute approximate surface area is 144 Å². The van der Waals surface area contributed by atoms with Gasteiger partial charge in [-0.05, 0) is 40.2 Å². The first-order valence-electron chi connectivity index (χ1n) is 7.22. The number of hydrogen-bond donors (Lipinski definition) is 0. The van der Waals surface area contributed by atoms with Crippen molar-refractivity contribution in [3.8, 4) is 0 Å². The number of pyridine rings is 1. The van der Waals surface area contributed by atoms with E-state index in [-0.39, 0.29) is 5.91 Å². The lowest BCUT2D eigenvalue weighted by Gasteiger charge is -2.34. The molecule has 0 aliphatic carbocycles. The third-order valence-corrected chi connectivity index (χ3v) is 5.24. The van der Waals surface area contributed by atoms with Crippen LogP contribution in [0, 0.1) is 0 Å². The smallest absolute Gasteiger partial charge is 0.289 e. The van der Waals surface area contributed by atoms with Gasteiger partial charge >= 0.3 is 0 Å². The second-order valence-corrected chi connectivity index (χ2v) is 6.94. The van der Waals surface area contributed by atoms with Crippen LogP contribution in [0.2, 0.25) is 0 Å². The van der Waals surface area contributed by atoms with Crippen LogP contribution in [0.1, 0.15) is 10.6 Å². The lowest BCUT2D eigenvalue weighted by Crippen LogP contribution is -2.48. The van der Waals surface area contributed by atoms with Gasteiger partial charge in [0.2, 0.25) is 0 Å². The van der Waals surface area contributed by atoms with Crippen molar-refractivity contribution in [1.29, 1.82) is 0 Å². The highest BCUT2D eigenvalue weighted by Crippen LogP contribution is 2.28. The Hall–Kier alpha value is -1.93. The van der Waals surface area contributed by atoms with E-state index in [1.807, 2.05) is 17.0 Å². The average Bonchev–Trinajstić information content (AvgIpc) is 3.20. The van der Waals surface area contributed by atoms with Crippen molar-refractivity contribution in [1.82, 2.24) is 14.9 Å². The van der Waals surface area contributed by atoms with Gasteiger partial charge in [0.25, 0.3) is 5.91 Å². The van der Waals surface area contributed by atoms with E-state index in [9.17, 15) is 4.79 Å². The number of carbonyl (C=O) groups is 1. The van der Waals surface area contributed by atoms with Crippen LogP contribution in [-0.4, -0.2) is 47.0 Å². The van der Waals surface area contributed by atoms with E-state index < -0.39 is 0 Å². The molecule has 4 rings (SSSR count). The summed E-state index contributed by atoms with van der Waals surface area (Å²) in [4.78, 5) is 26.3. The van der Waals surface area contributed by atoms with Gasteiger partial charge < -0.3 is 14.2 Å². The Morgan fingerprint density at radius 3 is 2.74 bits per heavy atom. The van der Waals surface area contributed by atoms with Crippen molar-refractivity contribution in [3.63, 3.8) is 0 Å². The Morgan fingerprint density at radius 1 is 1.22 bits per heavy atom. The second-order valence-electron chi connectivity index (χ2n) is 5.21. The molecule has 3 aromatic heterocycles. The normalized spacial score (nSPS) is 15.3. The molecule has 6 nitrogen and oxygen atoms in total. The third-order valence-electron chi connectivity index (χ3n) is 3.78. The van der Waals surface area contributed by atoms with Crippen molar-refractivity contribution in [2.24, 2.45) is 0 Å². The van der Waals surface area contributed by atoms with E-state index >= 15 is 0 Å². The van der Waals surface area contributed by atoms with Crippen LogP contribution >= 0.6 is 27.3 Å². The lowest BCUT2D eigenvalue weighted by molar-refractivity contribution is 0.0713. The van der Waals surface area contributed by atoms with Crippen molar-refractivity contribution < 1.29 is 9.21 Å². The van der Waals surface area contributed by atoms with Gasteiger partial charge in [-0.15, -0.1) is 0 Å². The summed E-state index contributed by atoms with van der Waals surface area (Å²) < 4.78 is 5.91. The number of piperazine rings is 1. The molecule has 0 N–H and O–H groups in total. The van der Waals surface area contributed by atoms with Crippen LogP contribution in [0.5, 0.6) is 0 Å². The number of halogens is 1. The number of anilines is 1. The van der Waals surface area contributed by atoms with Gasteiger partial charge in [0.1, 0.15) is 10.3 Å². The maximum Gasteiger partial charge on any atom is 0.289 e. The fourth-order valence-electron chi connectivity index (χ4n) is 2.58. The van der Waals surface area contributed by atoms with Gasteiger partial charge in [-0.3, -0.25) is 4.79 Å². The highest BCUT2D eigenvalue weighted by atomic mass is 79.9. The molecule has 0 unspecified atom stereocenters. The van der Waals surface area contributed by atoms with E-state index in [0.29, 0.717) is 23.5 Å². The zero-order valence-electron chi connectivity index (χ0n) is 12.1. The SMILES string of the molecule is O=C(c1ccc(Br)o1)N1CCN(c2nc3cccnc3s2)CC1. The minimum absolute atomic E-state index is 0.0682. The topological polar surface area (TPSA) is 62.5 Å². The summed E-state index contributed by atoms with van der Waals surface area (Å²) in [7, 11) is 0. The van der Waals surface area contributed by atoms with Crippen molar-refractivity contribution in [2.45, 2.75) is 0 Å². The molecule has 1 fully saturated rings. The maximum atomic E-state index is 12.4. The summed E-state index contributed by atoms with van der Waals surface area (Å²) >= 11 is 4.81. The number of carbonyl (C=O) groups excluding carboxylic acids is 1. The summed E-state index contributed by atoms with van der Waals surface area (Å²) in [5.41, 5.74) is 0.923.